The summed E-state index contributed by atoms with van der Waals surface area (Å²) in [5.41, 5.74) is 2.17. The Hall–Kier alpha value is -5.53. The van der Waals surface area contributed by atoms with E-state index in [1.54, 1.807) is 28.6 Å². The number of fused-ring (bicyclic) bond motifs is 2. The highest BCUT2D eigenvalue weighted by molar-refractivity contribution is 6.08. The molecule has 4 fully saturated rings. The number of hydrogen-bond donors (Lipinski definition) is 4. The molecule has 2 aliphatic carbocycles. The molecule has 4 aliphatic rings. The maximum atomic E-state index is 14.3. The number of likely N-dealkylation sites (tertiary alicyclic amines) is 1. The van der Waals surface area contributed by atoms with Crippen LogP contribution in [0.1, 0.15) is 117 Å². The van der Waals surface area contributed by atoms with E-state index in [0.29, 0.717) is 42.7 Å². The molecule has 9 rings (SSSR count). The zero-order valence-corrected chi connectivity index (χ0v) is 35.8. The molecular weight excluding hydrogens is 815 g/mol. The van der Waals surface area contributed by atoms with Gasteiger partial charge in [0.25, 0.3) is 12.3 Å². The van der Waals surface area contributed by atoms with Crippen LogP contribution in [0.5, 0.6) is 0 Å². The Labute approximate surface area is 362 Å². The highest BCUT2D eigenvalue weighted by Gasteiger charge is 2.33. The van der Waals surface area contributed by atoms with Crippen molar-refractivity contribution in [3.63, 3.8) is 0 Å². The predicted octanol–water partition coefficient (Wildman–Crippen LogP) is 4.79. The molecule has 0 radical (unpaired) electrons. The first-order chi connectivity index (χ1) is 30.4. The van der Waals surface area contributed by atoms with Gasteiger partial charge in [0.2, 0.25) is 11.8 Å². The average molecular weight is 871 g/mol. The van der Waals surface area contributed by atoms with Gasteiger partial charge in [-0.25, -0.2) is 23.1 Å². The number of aromatic nitrogens is 7. The molecule has 2 saturated heterocycles. The van der Waals surface area contributed by atoms with E-state index in [4.69, 9.17) is 0 Å². The van der Waals surface area contributed by atoms with Gasteiger partial charge in [0.1, 0.15) is 17.4 Å². The van der Waals surface area contributed by atoms with Crippen LogP contribution in [0, 0.1) is 5.92 Å². The molecule has 1 aromatic carbocycles. The SMILES string of the molecule is CN(C[C@H]1CC[C@H](n2cc(NC(=O)c3cnn4ccc(N[C@@H]5CCCC[C@@H]5O)nc34)c(C(F)F)n2)CC1)C1CCN(Cc2cccc3c2n(C)c(=O)n3C2CCC(=O)NC2=O)CC1. The fourth-order valence-corrected chi connectivity index (χ4v) is 10.4. The van der Waals surface area contributed by atoms with E-state index in [1.807, 2.05) is 18.2 Å². The number of nitrogens with zero attached hydrogens (tertiary/aromatic N) is 9. The minimum Gasteiger partial charge on any atom is -0.391 e. The zero-order valence-electron chi connectivity index (χ0n) is 35.8. The standard InChI is InChI=1S/C44H56F2N12O5/c1-53(28-16-19-55(20-17-28)24-27-6-5-8-33-39(27)54(2)44(63)58(33)34-14-15-37(60)51-43(34)62)23-26-10-12-29(13-11-26)57-25-32(38(52-57)40(45)46)49-42(61)30-22-47-56-21-18-36(50-41(30)56)48-31-7-3-4-9-35(31)59/h5-6,8,18,21-22,25-26,28-29,31,34-35,40,59H,3-4,7,9-17,19-20,23-24H2,1-2H3,(H,48,50)(H,49,61)(H,51,60,62)/t26-,29-,31-,34?,35+/m1/s1. The van der Waals surface area contributed by atoms with Crippen molar-refractivity contribution in [3.05, 3.63) is 70.2 Å². The van der Waals surface area contributed by atoms with Crippen molar-refractivity contribution in [2.75, 3.05) is 37.3 Å². The van der Waals surface area contributed by atoms with Crippen LogP contribution < -0.4 is 21.6 Å². The second-order valence-electron chi connectivity index (χ2n) is 18.0. The van der Waals surface area contributed by atoms with E-state index in [2.05, 4.69) is 48.0 Å². The Morgan fingerprint density at radius 2 is 1.79 bits per heavy atom. The number of imidazole rings is 1. The smallest absolute Gasteiger partial charge is 0.329 e. The third kappa shape index (κ3) is 8.74. The number of aliphatic hydroxyl groups excluding tert-OH is 1. The van der Waals surface area contributed by atoms with Gasteiger partial charge in [0, 0.05) is 45.0 Å². The molecule has 19 heteroatoms. The fraction of sp³-hybridized carbons (Fsp3) is 0.568. The van der Waals surface area contributed by atoms with Crippen molar-refractivity contribution in [1.82, 2.24) is 48.6 Å². The quantitative estimate of drug-likeness (QED) is 0.126. The number of hydrogen-bond acceptors (Lipinski definition) is 11. The number of aliphatic hydroxyl groups is 1. The van der Waals surface area contributed by atoms with Crippen LogP contribution in [0.15, 0.2) is 47.7 Å². The Balaban J connectivity index is 0.776. The third-order valence-corrected chi connectivity index (χ3v) is 13.9. The molecule has 3 amide bonds. The number of amides is 3. The lowest BCUT2D eigenvalue weighted by molar-refractivity contribution is -0.135. The van der Waals surface area contributed by atoms with Crippen molar-refractivity contribution in [3.8, 4) is 0 Å². The van der Waals surface area contributed by atoms with Gasteiger partial charge in [-0.2, -0.15) is 10.2 Å². The molecule has 0 spiro atoms. The lowest BCUT2D eigenvalue weighted by atomic mass is 9.85. The van der Waals surface area contributed by atoms with E-state index >= 15 is 0 Å². The summed E-state index contributed by atoms with van der Waals surface area (Å²) in [7, 11) is 3.93. The molecule has 336 valence electrons. The molecule has 1 unspecified atom stereocenters. The maximum Gasteiger partial charge on any atom is 0.329 e. The number of halogens is 2. The molecule has 3 atom stereocenters. The Morgan fingerprint density at radius 1 is 1.02 bits per heavy atom. The van der Waals surface area contributed by atoms with E-state index in [1.165, 1.54) is 21.5 Å². The first-order valence-electron chi connectivity index (χ1n) is 22.3. The van der Waals surface area contributed by atoms with Crippen LogP contribution in [0.4, 0.5) is 20.3 Å². The molecular formula is C44H56F2N12O5. The van der Waals surface area contributed by atoms with Crippen molar-refractivity contribution < 1.29 is 28.3 Å². The van der Waals surface area contributed by atoms with Crippen molar-refractivity contribution in [2.24, 2.45) is 13.0 Å². The number of imide groups is 1. The maximum absolute atomic E-state index is 14.3. The predicted molar refractivity (Wildman–Crippen MR) is 231 cm³/mol. The number of anilines is 2. The minimum absolute atomic E-state index is 0.0338. The van der Waals surface area contributed by atoms with Gasteiger partial charge < -0.3 is 20.6 Å². The lowest BCUT2D eigenvalue weighted by Gasteiger charge is -2.39. The van der Waals surface area contributed by atoms with E-state index < -0.39 is 36.1 Å². The number of nitrogens with one attached hydrogen (secondary N) is 3. The summed E-state index contributed by atoms with van der Waals surface area (Å²) in [4.78, 5) is 60.9. The lowest BCUT2D eigenvalue weighted by Crippen LogP contribution is -2.44. The summed E-state index contributed by atoms with van der Waals surface area (Å²) in [5.74, 6) is -0.412. The number of benzene rings is 1. The molecule has 17 nitrogen and oxygen atoms in total. The van der Waals surface area contributed by atoms with Gasteiger partial charge in [-0.15, -0.1) is 0 Å². The number of aryl methyl sites for hydroxylation is 1. The van der Waals surface area contributed by atoms with Gasteiger partial charge in [-0.1, -0.05) is 25.0 Å². The summed E-state index contributed by atoms with van der Waals surface area (Å²) in [6.45, 7) is 3.44. The van der Waals surface area contributed by atoms with Crippen molar-refractivity contribution >= 4 is 45.9 Å². The van der Waals surface area contributed by atoms with Gasteiger partial charge in [-0.3, -0.25) is 38.4 Å². The summed E-state index contributed by atoms with van der Waals surface area (Å²) in [5, 5.41) is 27.3. The number of alkyl halides is 2. The highest BCUT2D eigenvalue weighted by atomic mass is 19.3. The summed E-state index contributed by atoms with van der Waals surface area (Å²) in [6, 6.07) is 7.06. The van der Waals surface area contributed by atoms with Crippen LogP contribution >= 0.6 is 0 Å². The third-order valence-electron chi connectivity index (χ3n) is 13.9. The minimum atomic E-state index is -2.88. The van der Waals surface area contributed by atoms with Crippen molar-refractivity contribution in [1.29, 1.82) is 0 Å². The average Bonchev–Trinajstić information content (AvgIpc) is 3.96. The van der Waals surface area contributed by atoms with E-state index in [0.717, 1.165) is 88.5 Å². The van der Waals surface area contributed by atoms with Crippen LogP contribution in [-0.2, 0) is 23.2 Å². The highest BCUT2D eigenvalue weighted by Crippen LogP contribution is 2.36. The van der Waals surface area contributed by atoms with Gasteiger partial charge >= 0.3 is 5.69 Å². The molecule has 4 aromatic heterocycles. The van der Waals surface area contributed by atoms with E-state index in [-0.39, 0.29) is 47.0 Å². The van der Waals surface area contributed by atoms with Crippen molar-refractivity contribution in [2.45, 2.75) is 120 Å². The van der Waals surface area contributed by atoms with Crippen LogP contribution in [0.2, 0.25) is 0 Å². The molecule has 2 saturated carbocycles. The monoisotopic (exact) mass is 870 g/mol. The number of carbonyl (C=O) groups excluding carboxylic acids is 3. The summed E-state index contributed by atoms with van der Waals surface area (Å²) in [6.07, 6.45) is 10.6. The largest absolute Gasteiger partial charge is 0.391 e. The zero-order chi connectivity index (χ0) is 43.9. The van der Waals surface area contributed by atoms with Crippen LogP contribution in [0.25, 0.3) is 16.7 Å². The van der Waals surface area contributed by atoms with Gasteiger partial charge in [-0.05, 0) is 102 Å². The van der Waals surface area contributed by atoms with Gasteiger partial charge in [0.15, 0.2) is 11.3 Å². The number of para-hydroxylation sites is 1. The number of piperidine rings is 2. The first-order valence-corrected chi connectivity index (χ1v) is 22.3. The Bertz CT molecular complexity index is 2550. The fourth-order valence-electron chi connectivity index (χ4n) is 10.4. The number of carbonyl (C=O) groups is 3. The molecule has 6 heterocycles. The summed E-state index contributed by atoms with van der Waals surface area (Å²) < 4.78 is 34.9. The van der Waals surface area contributed by atoms with Gasteiger partial charge in [0.05, 0.1) is 41.1 Å². The van der Waals surface area contributed by atoms with E-state index in [9.17, 15) is 33.1 Å². The first kappa shape index (κ1) is 42.8. The number of rotatable bonds is 12. The Kier molecular flexibility index (Phi) is 12.2. The summed E-state index contributed by atoms with van der Waals surface area (Å²) >= 11 is 0. The van der Waals surface area contributed by atoms with Crippen LogP contribution in [-0.4, -0.2) is 111 Å². The second kappa shape index (κ2) is 17.9. The topological polar surface area (TPSA) is 189 Å². The molecule has 4 N–H and O–H groups in total. The second-order valence-corrected chi connectivity index (χ2v) is 18.0. The molecule has 2 aliphatic heterocycles. The molecule has 5 aromatic rings. The molecule has 63 heavy (non-hydrogen) atoms. The van der Waals surface area contributed by atoms with Crippen LogP contribution in [0.3, 0.4) is 0 Å². The normalized spacial score (nSPS) is 24.1. The Morgan fingerprint density at radius 3 is 2.54 bits per heavy atom. The molecule has 0 bridgehead atoms.